The van der Waals surface area contributed by atoms with Crippen LogP contribution in [0.15, 0.2) is 48.5 Å². The minimum Gasteiger partial charge on any atom is -0.295 e. The molecule has 2 rings (SSSR count). The van der Waals surface area contributed by atoms with E-state index in [-0.39, 0.29) is 0 Å². The van der Waals surface area contributed by atoms with Crippen LogP contribution in [0.25, 0.3) is 0 Å². The lowest BCUT2D eigenvalue weighted by atomic mass is 10.1. The van der Waals surface area contributed by atoms with Crippen LogP contribution in [0.5, 0.6) is 0 Å². The first-order valence-corrected chi connectivity index (χ1v) is 10.2. The molecule has 0 aromatic heterocycles. The molecule has 0 bridgehead atoms. The number of nitrogens with zero attached hydrogens (tertiary/aromatic N) is 1. The van der Waals surface area contributed by atoms with E-state index in [9.17, 15) is 0 Å². The highest BCUT2D eigenvalue weighted by atomic mass is 35.9. The molecule has 0 aliphatic rings. The molecule has 0 N–H and O–H groups in total. The van der Waals surface area contributed by atoms with Gasteiger partial charge >= 0.3 is 0 Å². The quantitative estimate of drug-likeness (QED) is 0.634. The molecule has 112 valence electrons. The first-order valence-electron chi connectivity index (χ1n) is 7.08. The highest BCUT2D eigenvalue weighted by Gasteiger charge is 2.15. The van der Waals surface area contributed by atoms with Crippen molar-refractivity contribution in [1.29, 1.82) is 0 Å². The van der Waals surface area contributed by atoms with E-state index in [0.29, 0.717) is 0 Å². The van der Waals surface area contributed by atoms with Crippen LogP contribution >= 0.6 is 29.1 Å². The van der Waals surface area contributed by atoms with Gasteiger partial charge in [0.1, 0.15) is 6.63 Å². The van der Waals surface area contributed by atoms with Gasteiger partial charge in [-0.15, -0.1) is 0 Å². The van der Waals surface area contributed by atoms with Crippen molar-refractivity contribution in [2.75, 3.05) is 6.54 Å². The molecule has 0 aliphatic carbocycles. The summed E-state index contributed by atoms with van der Waals surface area (Å²) in [5.41, 5.74) is 3.75. The highest BCUT2D eigenvalue weighted by molar-refractivity contribution is 8.09. The SMILES string of the molecule is CCN(Cc1ccccc1)Cc1cccc(C)c1P(Cl)Cl. The average Bonchev–Trinajstić information content (AvgIpc) is 2.47. The van der Waals surface area contributed by atoms with Crippen LogP contribution in [0.2, 0.25) is 0 Å². The topological polar surface area (TPSA) is 3.24 Å². The molecule has 1 nitrogen and oxygen atoms in total. The fourth-order valence-corrected chi connectivity index (χ4v) is 4.61. The van der Waals surface area contributed by atoms with E-state index >= 15 is 0 Å². The van der Waals surface area contributed by atoms with Gasteiger partial charge in [0.25, 0.3) is 0 Å². The second kappa shape index (κ2) is 8.15. The first kappa shape index (κ1) is 16.8. The Morgan fingerprint density at radius 1 is 0.952 bits per heavy atom. The number of benzene rings is 2. The summed E-state index contributed by atoms with van der Waals surface area (Å²) < 4.78 is 0. The molecule has 0 aliphatic heterocycles. The normalized spacial score (nSPS) is 11.3. The Labute approximate surface area is 138 Å². The van der Waals surface area contributed by atoms with Gasteiger partial charge in [-0.2, -0.15) is 0 Å². The minimum absolute atomic E-state index is 0.876. The largest absolute Gasteiger partial charge is 0.295 e. The van der Waals surface area contributed by atoms with Crippen LogP contribution in [-0.4, -0.2) is 11.4 Å². The summed E-state index contributed by atoms with van der Waals surface area (Å²) in [6, 6.07) is 16.8. The van der Waals surface area contributed by atoms with Crippen LogP contribution in [-0.2, 0) is 13.1 Å². The van der Waals surface area contributed by atoms with Gasteiger partial charge in [-0.1, -0.05) is 77.9 Å². The van der Waals surface area contributed by atoms with Gasteiger partial charge in [-0.25, -0.2) is 0 Å². The lowest BCUT2D eigenvalue weighted by Crippen LogP contribution is -2.25. The fourth-order valence-electron chi connectivity index (χ4n) is 2.45. The number of hydrogen-bond acceptors (Lipinski definition) is 1. The third kappa shape index (κ3) is 4.69. The van der Waals surface area contributed by atoms with E-state index in [4.69, 9.17) is 22.5 Å². The number of aryl methyl sites for hydroxylation is 1. The molecule has 4 heteroatoms. The van der Waals surface area contributed by atoms with Gasteiger partial charge in [-0.05, 0) is 30.2 Å². The van der Waals surface area contributed by atoms with E-state index < -0.39 is 6.63 Å². The lowest BCUT2D eigenvalue weighted by molar-refractivity contribution is 0.272. The highest BCUT2D eigenvalue weighted by Crippen LogP contribution is 2.47. The molecule has 21 heavy (non-hydrogen) atoms. The number of hydrogen-bond donors (Lipinski definition) is 0. The zero-order chi connectivity index (χ0) is 15.2. The predicted molar refractivity (Wildman–Crippen MR) is 95.7 cm³/mol. The molecule has 0 unspecified atom stereocenters. The van der Waals surface area contributed by atoms with Crippen LogP contribution in [0.1, 0.15) is 23.6 Å². The summed E-state index contributed by atoms with van der Waals surface area (Å²) in [4.78, 5) is 2.40. The van der Waals surface area contributed by atoms with Crippen molar-refractivity contribution in [2.24, 2.45) is 0 Å². The van der Waals surface area contributed by atoms with Crippen molar-refractivity contribution < 1.29 is 0 Å². The number of halogens is 2. The summed E-state index contributed by atoms with van der Waals surface area (Å²) in [5, 5.41) is 1.11. The number of rotatable bonds is 6. The molecule has 0 fully saturated rings. The predicted octanol–water partition coefficient (Wildman–Crippen LogP) is 5.43. The van der Waals surface area contributed by atoms with Crippen molar-refractivity contribution >= 4 is 34.4 Å². The van der Waals surface area contributed by atoms with Gasteiger partial charge in [0, 0.05) is 18.4 Å². The van der Waals surface area contributed by atoms with Crippen LogP contribution in [0.4, 0.5) is 0 Å². The maximum absolute atomic E-state index is 6.21. The third-order valence-corrected chi connectivity index (χ3v) is 5.57. The molecule has 0 radical (unpaired) electrons. The van der Waals surface area contributed by atoms with Crippen LogP contribution in [0, 0.1) is 6.92 Å². The summed E-state index contributed by atoms with van der Waals surface area (Å²) in [5.74, 6) is 0. The molecular weight excluding hydrogens is 320 g/mol. The van der Waals surface area contributed by atoms with Gasteiger partial charge in [-0.3, -0.25) is 4.90 Å². The maximum atomic E-state index is 6.21. The van der Waals surface area contributed by atoms with Gasteiger partial charge in [0.2, 0.25) is 0 Å². The van der Waals surface area contributed by atoms with Crippen molar-refractivity contribution in [3.8, 4) is 0 Å². The second-order valence-corrected chi connectivity index (χ2v) is 8.56. The zero-order valence-corrected chi connectivity index (χ0v) is 14.8. The van der Waals surface area contributed by atoms with Gasteiger partial charge < -0.3 is 0 Å². The maximum Gasteiger partial charge on any atom is 0.117 e. The zero-order valence-electron chi connectivity index (χ0n) is 12.4. The fraction of sp³-hybridized carbons (Fsp3) is 0.294. The Balaban J connectivity index is 2.17. The lowest BCUT2D eigenvalue weighted by Gasteiger charge is -2.23. The smallest absolute Gasteiger partial charge is 0.117 e. The van der Waals surface area contributed by atoms with Crippen LogP contribution in [0.3, 0.4) is 0 Å². The Morgan fingerprint density at radius 3 is 2.29 bits per heavy atom. The summed E-state index contributed by atoms with van der Waals surface area (Å²) in [6.45, 7) is 5.95. The van der Waals surface area contributed by atoms with Crippen molar-refractivity contribution in [3.63, 3.8) is 0 Å². The summed E-state index contributed by atoms with van der Waals surface area (Å²) in [6.07, 6.45) is 0. The molecule has 0 heterocycles. The monoisotopic (exact) mass is 339 g/mol. The molecule has 2 aromatic carbocycles. The van der Waals surface area contributed by atoms with E-state index in [1.165, 1.54) is 16.7 Å². The summed E-state index contributed by atoms with van der Waals surface area (Å²) in [7, 11) is 0. The molecule has 0 spiro atoms. The Hall–Kier alpha value is -0.590. The minimum atomic E-state index is -1.11. The molecule has 2 aromatic rings. The van der Waals surface area contributed by atoms with Crippen molar-refractivity contribution in [2.45, 2.75) is 26.9 Å². The molecule has 0 saturated heterocycles. The second-order valence-electron chi connectivity index (χ2n) is 5.10. The Morgan fingerprint density at radius 2 is 1.67 bits per heavy atom. The average molecular weight is 340 g/mol. The third-order valence-electron chi connectivity index (χ3n) is 3.58. The van der Waals surface area contributed by atoms with Crippen LogP contribution < -0.4 is 5.30 Å². The van der Waals surface area contributed by atoms with Crippen molar-refractivity contribution in [3.05, 3.63) is 65.2 Å². The van der Waals surface area contributed by atoms with Gasteiger partial charge in [0.05, 0.1) is 0 Å². The van der Waals surface area contributed by atoms with E-state index in [0.717, 1.165) is 24.9 Å². The molecule has 0 saturated carbocycles. The van der Waals surface area contributed by atoms with E-state index in [1.807, 2.05) is 6.07 Å². The summed E-state index contributed by atoms with van der Waals surface area (Å²) >= 11 is 12.4. The standard InChI is InChI=1S/C17H20Cl2NP/c1-3-20(12-15-9-5-4-6-10-15)13-16-11-7-8-14(2)17(16)21(18)19/h4-11H,3,12-13H2,1-2H3. The van der Waals surface area contributed by atoms with Crippen molar-refractivity contribution in [1.82, 2.24) is 4.90 Å². The Bertz CT molecular complexity index is 572. The first-order chi connectivity index (χ1) is 10.1. The van der Waals surface area contributed by atoms with Gasteiger partial charge in [0.15, 0.2) is 0 Å². The molecule has 0 amide bonds. The molecule has 0 atom stereocenters. The van der Waals surface area contributed by atoms with E-state index in [2.05, 4.69) is 61.2 Å². The molecular formula is C17H20Cl2NP. The Kier molecular flexibility index (Phi) is 6.51. The van der Waals surface area contributed by atoms with E-state index in [1.54, 1.807) is 0 Å².